The minimum atomic E-state index is -2.33. The van der Waals surface area contributed by atoms with Crippen molar-refractivity contribution in [2.75, 3.05) is 0 Å². The highest BCUT2D eigenvalue weighted by molar-refractivity contribution is 9.10. The first-order valence-electron chi connectivity index (χ1n) is 4.18. The van der Waals surface area contributed by atoms with Gasteiger partial charge in [-0.1, -0.05) is 0 Å². The van der Waals surface area contributed by atoms with E-state index in [-0.39, 0.29) is 6.54 Å². The molecule has 1 aromatic rings. The van der Waals surface area contributed by atoms with Gasteiger partial charge < -0.3 is 0 Å². The lowest BCUT2D eigenvalue weighted by atomic mass is 10.3. The molecular formula is C8H9BrF2N2. The number of halogens is 3. The van der Waals surface area contributed by atoms with Crippen molar-refractivity contribution in [3.63, 3.8) is 0 Å². The number of aromatic nitrogens is 2. The van der Waals surface area contributed by atoms with Crippen LogP contribution in [0, 0.1) is 0 Å². The van der Waals surface area contributed by atoms with Gasteiger partial charge in [-0.05, 0) is 28.8 Å². The van der Waals surface area contributed by atoms with Crippen molar-refractivity contribution in [1.82, 2.24) is 9.78 Å². The highest BCUT2D eigenvalue weighted by Gasteiger charge is 2.30. The van der Waals surface area contributed by atoms with E-state index >= 15 is 0 Å². The molecule has 0 bridgehead atoms. The monoisotopic (exact) mass is 250 g/mol. The topological polar surface area (TPSA) is 17.8 Å². The molecule has 0 atom stereocenters. The normalized spacial score (nSPS) is 16.9. The van der Waals surface area contributed by atoms with E-state index in [1.165, 1.54) is 4.68 Å². The number of hydrogen-bond donors (Lipinski definition) is 0. The summed E-state index contributed by atoms with van der Waals surface area (Å²) in [4.78, 5) is 0. The van der Waals surface area contributed by atoms with E-state index in [9.17, 15) is 8.78 Å². The van der Waals surface area contributed by atoms with Gasteiger partial charge in [-0.2, -0.15) is 5.10 Å². The van der Waals surface area contributed by atoms with Gasteiger partial charge in [0.05, 0.1) is 16.4 Å². The van der Waals surface area contributed by atoms with Crippen LogP contribution < -0.4 is 0 Å². The lowest BCUT2D eigenvalue weighted by Gasteiger charge is -2.05. The maximum Gasteiger partial charge on any atom is 0.257 e. The van der Waals surface area contributed by atoms with Crippen molar-refractivity contribution in [1.29, 1.82) is 0 Å². The van der Waals surface area contributed by atoms with Gasteiger partial charge >= 0.3 is 0 Å². The molecule has 13 heavy (non-hydrogen) atoms. The highest BCUT2D eigenvalue weighted by Crippen LogP contribution is 2.43. The van der Waals surface area contributed by atoms with Gasteiger partial charge in [-0.15, -0.1) is 0 Å². The molecule has 1 aliphatic carbocycles. The molecule has 2 rings (SSSR count). The third-order valence-corrected chi connectivity index (χ3v) is 2.72. The molecule has 0 saturated heterocycles. The molecule has 0 aliphatic heterocycles. The quantitative estimate of drug-likeness (QED) is 0.807. The van der Waals surface area contributed by atoms with Crippen molar-refractivity contribution >= 4 is 15.9 Å². The molecule has 1 heterocycles. The van der Waals surface area contributed by atoms with Crippen molar-refractivity contribution in [3.05, 3.63) is 16.4 Å². The van der Waals surface area contributed by atoms with Crippen LogP contribution in [0.4, 0.5) is 8.78 Å². The van der Waals surface area contributed by atoms with E-state index in [0.717, 1.165) is 23.0 Å². The first-order chi connectivity index (χ1) is 6.18. The Bertz CT molecular complexity index is 307. The maximum absolute atomic E-state index is 12.1. The first kappa shape index (κ1) is 9.12. The zero-order chi connectivity index (χ0) is 9.42. The predicted molar refractivity (Wildman–Crippen MR) is 47.9 cm³/mol. The second-order valence-electron chi connectivity index (χ2n) is 3.23. The Morgan fingerprint density at radius 2 is 2.31 bits per heavy atom. The van der Waals surface area contributed by atoms with Gasteiger partial charge in [0.1, 0.15) is 6.54 Å². The van der Waals surface area contributed by atoms with Gasteiger partial charge in [0, 0.05) is 5.92 Å². The largest absolute Gasteiger partial charge is 0.262 e. The summed E-state index contributed by atoms with van der Waals surface area (Å²) in [6.45, 7) is -0.294. The smallest absolute Gasteiger partial charge is 0.257 e. The van der Waals surface area contributed by atoms with Gasteiger partial charge in [-0.3, -0.25) is 4.68 Å². The van der Waals surface area contributed by atoms with E-state index < -0.39 is 6.43 Å². The molecule has 1 fully saturated rings. The van der Waals surface area contributed by atoms with Crippen LogP contribution in [0.25, 0.3) is 0 Å². The predicted octanol–water partition coefficient (Wildman–Crippen LogP) is 2.79. The molecule has 0 radical (unpaired) electrons. The standard InChI is InChI=1S/C8H9BrF2N2/c9-6-3-12-13(4-7(10)11)8(6)5-1-2-5/h3,5,7H,1-2,4H2. The highest BCUT2D eigenvalue weighted by atomic mass is 79.9. The molecule has 0 spiro atoms. The van der Waals surface area contributed by atoms with Crippen LogP contribution in [-0.2, 0) is 6.54 Å². The summed E-state index contributed by atoms with van der Waals surface area (Å²) in [6, 6.07) is 0. The second kappa shape index (κ2) is 3.36. The summed E-state index contributed by atoms with van der Waals surface area (Å²) in [5.74, 6) is 0.440. The Kier molecular flexibility index (Phi) is 2.36. The first-order valence-corrected chi connectivity index (χ1v) is 4.97. The van der Waals surface area contributed by atoms with Gasteiger partial charge in [0.15, 0.2) is 0 Å². The third kappa shape index (κ3) is 1.90. The lowest BCUT2D eigenvalue weighted by molar-refractivity contribution is 0.120. The molecular weight excluding hydrogens is 242 g/mol. The Morgan fingerprint density at radius 3 is 2.85 bits per heavy atom. The zero-order valence-electron chi connectivity index (χ0n) is 6.88. The minimum absolute atomic E-state index is 0.294. The van der Waals surface area contributed by atoms with Crippen molar-refractivity contribution in [3.8, 4) is 0 Å². The van der Waals surface area contributed by atoms with Crippen LogP contribution in [0.15, 0.2) is 10.7 Å². The van der Waals surface area contributed by atoms with Crippen LogP contribution in [0.1, 0.15) is 24.5 Å². The lowest BCUT2D eigenvalue weighted by Crippen LogP contribution is -2.10. The van der Waals surface area contributed by atoms with Crippen LogP contribution in [0.3, 0.4) is 0 Å². The van der Waals surface area contributed by atoms with Crippen LogP contribution in [0.2, 0.25) is 0 Å². The maximum atomic E-state index is 12.1. The van der Waals surface area contributed by atoms with E-state index in [4.69, 9.17) is 0 Å². The van der Waals surface area contributed by atoms with Crippen LogP contribution >= 0.6 is 15.9 Å². The average molecular weight is 251 g/mol. The number of nitrogens with zero attached hydrogens (tertiary/aromatic N) is 2. The molecule has 1 aliphatic rings. The molecule has 1 saturated carbocycles. The molecule has 1 aromatic heterocycles. The number of alkyl halides is 2. The van der Waals surface area contributed by atoms with E-state index in [2.05, 4.69) is 21.0 Å². The van der Waals surface area contributed by atoms with Crippen molar-refractivity contribution in [2.24, 2.45) is 0 Å². The Morgan fingerprint density at radius 1 is 1.62 bits per heavy atom. The van der Waals surface area contributed by atoms with Crippen LogP contribution in [-0.4, -0.2) is 16.2 Å². The van der Waals surface area contributed by atoms with E-state index in [0.29, 0.717) is 5.92 Å². The molecule has 0 unspecified atom stereocenters. The fourth-order valence-corrected chi connectivity index (χ4v) is 2.03. The number of rotatable bonds is 3. The number of hydrogen-bond acceptors (Lipinski definition) is 1. The molecule has 0 amide bonds. The summed E-state index contributed by atoms with van der Waals surface area (Å²) >= 11 is 3.32. The van der Waals surface area contributed by atoms with Crippen molar-refractivity contribution < 1.29 is 8.78 Å². The summed E-state index contributed by atoms with van der Waals surface area (Å²) in [5, 5.41) is 3.91. The Labute approximate surface area is 83.1 Å². The molecule has 72 valence electrons. The Hall–Kier alpha value is -0.450. The summed E-state index contributed by atoms with van der Waals surface area (Å²) in [6.07, 6.45) is 1.45. The fraction of sp³-hybridized carbons (Fsp3) is 0.625. The summed E-state index contributed by atoms with van der Waals surface area (Å²) in [7, 11) is 0. The van der Waals surface area contributed by atoms with Gasteiger partial charge in [0.25, 0.3) is 6.43 Å². The van der Waals surface area contributed by atoms with E-state index in [1.54, 1.807) is 6.20 Å². The van der Waals surface area contributed by atoms with Crippen LogP contribution in [0.5, 0.6) is 0 Å². The molecule has 0 aromatic carbocycles. The van der Waals surface area contributed by atoms with Crippen molar-refractivity contribution in [2.45, 2.75) is 31.7 Å². The molecule has 5 heteroatoms. The van der Waals surface area contributed by atoms with Gasteiger partial charge in [0.2, 0.25) is 0 Å². The SMILES string of the molecule is FC(F)Cn1ncc(Br)c1C1CC1. The molecule has 0 N–H and O–H groups in total. The summed E-state index contributed by atoms with van der Waals surface area (Å²) < 4.78 is 26.5. The average Bonchev–Trinajstić information content (AvgIpc) is 2.79. The zero-order valence-corrected chi connectivity index (χ0v) is 8.47. The third-order valence-electron chi connectivity index (χ3n) is 2.11. The Balaban J connectivity index is 2.23. The summed E-state index contributed by atoms with van der Waals surface area (Å²) in [5.41, 5.74) is 0.931. The molecule has 2 nitrogen and oxygen atoms in total. The fourth-order valence-electron chi connectivity index (χ4n) is 1.41. The minimum Gasteiger partial charge on any atom is -0.262 e. The van der Waals surface area contributed by atoms with E-state index in [1.807, 2.05) is 0 Å². The second-order valence-corrected chi connectivity index (χ2v) is 4.08. The van der Waals surface area contributed by atoms with Gasteiger partial charge in [-0.25, -0.2) is 8.78 Å².